The van der Waals surface area contributed by atoms with Gasteiger partial charge in [0.15, 0.2) is 9.84 Å². The molecule has 1 saturated carbocycles. The highest BCUT2D eigenvalue weighted by atomic mass is 35.5. The number of amides is 1. The smallest absolute Gasteiger partial charge is 0.224 e. The molecule has 26 heavy (non-hydrogen) atoms. The van der Waals surface area contributed by atoms with Crippen molar-refractivity contribution in [3.05, 3.63) is 30.1 Å². The maximum atomic E-state index is 13.0. The third kappa shape index (κ3) is 6.21. The van der Waals surface area contributed by atoms with Gasteiger partial charge in [0.25, 0.3) is 0 Å². The lowest BCUT2D eigenvalue weighted by molar-refractivity contribution is -0.125. The highest BCUT2D eigenvalue weighted by Crippen LogP contribution is 2.26. The molecule has 1 fully saturated rings. The summed E-state index contributed by atoms with van der Waals surface area (Å²) in [5.41, 5.74) is 5.82. The van der Waals surface area contributed by atoms with Gasteiger partial charge in [0.1, 0.15) is 5.82 Å². The summed E-state index contributed by atoms with van der Waals surface area (Å²) < 4.78 is 37.7. The Labute approximate surface area is 161 Å². The van der Waals surface area contributed by atoms with Gasteiger partial charge < -0.3 is 11.1 Å². The van der Waals surface area contributed by atoms with Gasteiger partial charge in [-0.1, -0.05) is 26.2 Å². The van der Waals surface area contributed by atoms with Gasteiger partial charge >= 0.3 is 0 Å². The number of hydrogen-bond acceptors (Lipinski definition) is 4. The Morgan fingerprint density at radius 1 is 1.23 bits per heavy atom. The van der Waals surface area contributed by atoms with Crippen LogP contribution in [-0.2, 0) is 14.6 Å². The molecule has 2 unspecified atom stereocenters. The molecule has 0 spiro atoms. The van der Waals surface area contributed by atoms with Crippen LogP contribution in [0.15, 0.2) is 29.2 Å². The summed E-state index contributed by atoms with van der Waals surface area (Å²) in [4.78, 5) is 12.5. The Balaban J connectivity index is 0.00000338. The molecule has 0 bridgehead atoms. The van der Waals surface area contributed by atoms with Crippen molar-refractivity contribution in [2.75, 3.05) is 12.3 Å². The van der Waals surface area contributed by atoms with Crippen LogP contribution in [0.5, 0.6) is 0 Å². The number of rotatable bonds is 7. The number of hydrogen-bond donors (Lipinski definition) is 2. The first-order chi connectivity index (χ1) is 11.8. The summed E-state index contributed by atoms with van der Waals surface area (Å²) in [6, 6.07) is 4.54. The van der Waals surface area contributed by atoms with Crippen molar-refractivity contribution in [1.29, 1.82) is 0 Å². The number of halogens is 2. The van der Waals surface area contributed by atoms with Gasteiger partial charge in [-0.25, -0.2) is 12.8 Å². The molecule has 1 aromatic carbocycles. The van der Waals surface area contributed by atoms with E-state index >= 15 is 0 Å². The van der Waals surface area contributed by atoms with E-state index in [9.17, 15) is 17.6 Å². The molecule has 0 radical (unpaired) electrons. The fourth-order valence-electron chi connectivity index (χ4n) is 3.37. The number of benzene rings is 1. The maximum absolute atomic E-state index is 13.0. The van der Waals surface area contributed by atoms with E-state index in [1.807, 2.05) is 0 Å². The molecule has 0 aromatic heterocycles. The van der Waals surface area contributed by atoms with Crippen LogP contribution in [0.2, 0.25) is 0 Å². The molecule has 8 heteroatoms. The second-order valence-corrected chi connectivity index (χ2v) is 8.92. The van der Waals surface area contributed by atoms with Crippen molar-refractivity contribution >= 4 is 28.2 Å². The molecule has 0 saturated heterocycles. The van der Waals surface area contributed by atoms with Crippen LogP contribution in [0, 0.1) is 17.7 Å². The van der Waals surface area contributed by atoms with Crippen molar-refractivity contribution < 1.29 is 17.6 Å². The van der Waals surface area contributed by atoms with Gasteiger partial charge in [0.05, 0.1) is 10.6 Å². The van der Waals surface area contributed by atoms with Gasteiger partial charge in [-0.05, 0) is 43.0 Å². The van der Waals surface area contributed by atoms with Crippen molar-refractivity contribution in [2.45, 2.75) is 50.0 Å². The topological polar surface area (TPSA) is 89.3 Å². The van der Waals surface area contributed by atoms with Crippen molar-refractivity contribution in [3.63, 3.8) is 0 Å². The Hall–Kier alpha value is -1.18. The zero-order chi connectivity index (χ0) is 18.4. The molecule has 0 aliphatic heterocycles. The molecule has 2 atom stereocenters. The van der Waals surface area contributed by atoms with Crippen LogP contribution in [0.25, 0.3) is 0 Å². The fraction of sp³-hybridized carbons (Fsp3) is 0.611. The van der Waals surface area contributed by atoms with Gasteiger partial charge in [0, 0.05) is 18.5 Å². The fourth-order valence-corrected chi connectivity index (χ4v) is 4.93. The SMILES string of the molecule is CC(CS(=O)(=O)c1ccc(F)cc1)C(=O)NC(CN)C1CCCCC1.Cl. The number of nitrogens with two attached hydrogens (primary N) is 1. The predicted octanol–water partition coefficient (Wildman–Crippen LogP) is 2.68. The minimum atomic E-state index is -3.65. The van der Waals surface area contributed by atoms with Crippen LogP contribution in [-0.4, -0.2) is 32.7 Å². The van der Waals surface area contributed by atoms with E-state index < -0.39 is 21.6 Å². The Bertz CT molecular complexity index is 676. The van der Waals surface area contributed by atoms with Crippen LogP contribution >= 0.6 is 12.4 Å². The first-order valence-electron chi connectivity index (χ1n) is 8.82. The highest BCUT2D eigenvalue weighted by molar-refractivity contribution is 7.91. The van der Waals surface area contributed by atoms with Crippen LogP contribution in [0.3, 0.4) is 0 Å². The predicted molar refractivity (Wildman–Crippen MR) is 102 cm³/mol. The second-order valence-electron chi connectivity index (χ2n) is 6.89. The van der Waals surface area contributed by atoms with Crippen molar-refractivity contribution in [2.24, 2.45) is 17.6 Å². The van der Waals surface area contributed by atoms with Crippen molar-refractivity contribution in [1.82, 2.24) is 5.32 Å². The molecule has 148 valence electrons. The summed E-state index contributed by atoms with van der Waals surface area (Å²) >= 11 is 0. The standard InChI is InChI=1S/C18H27FN2O3S.ClH/c1-13(12-25(23,24)16-9-7-15(19)8-10-16)18(22)21-17(11-20)14-5-3-2-4-6-14;/h7-10,13-14,17H,2-6,11-12,20H2,1H3,(H,21,22);1H. The Morgan fingerprint density at radius 3 is 2.35 bits per heavy atom. The normalized spacial score (nSPS) is 17.8. The third-order valence-corrected chi connectivity index (χ3v) is 6.82. The van der Waals surface area contributed by atoms with Gasteiger partial charge in [-0.3, -0.25) is 4.79 Å². The average Bonchev–Trinajstić information content (AvgIpc) is 2.60. The molecule has 3 N–H and O–H groups in total. The first-order valence-corrected chi connectivity index (χ1v) is 10.5. The largest absolute Gasteiger partial charge is 0.352 e. The van der Waals surface area contributed by atoms with E-state index in [1.54, 1.807) is 6.92 Å². The molecule has 0 heterocycles. The van der Waals surface area contributed by atoms with E-state index in [2.05, 4.69) is 5.32 Å². The molecular weight excluding hydrogens is 379 g/mol. The quantitative estimate of drug-likeness (QED) is 0.681. The molecule has 1 amide bonds. The molecule has 1 aliphatic rings. The molecule has 1 aromatic rings. The van der Waals surface area contributed by atoms with Crippen LogP contribution < -0.4 is 11.1 Å². The third-order valence-electron chi connectivity index (χ3n) is 4.89. The van der Waals surface area contributed by atoms with E-state index in [-0.39, 0.29) is 35.0 Å². The number of sulfone groups is 1. The Kier molecular flexibility index (Phi) is 9.00. The average molecular weight is 407 g/mol. The van der Waals surface area contributed by atoms with Crippen LogP contribution in [0.1, 0.15) is 39.0 Å². The van der Waals surface area contributed by atoms with Crippen LogP contribution in [0.4, 0.5) is 4.39 Å². The van der Waals surface area contributed by atoms with Gasteiger partial charge in [0.2, 0.25) is 5.91 Å². The lowest BCUT2D eigenvalue weighted by Gasteiger charge is -2.30. The molecular formula is C18H28ClFN2O3S. The van der Waals surface area contributed by atoms with E-state index in [0.29, 0.717) is 12.5 Å². The summed E-state index contributed by atoms with van der Waals surface area (Å²) in [5.74, 6) is -1.45. The zero-order valence-corrected chi connectivity index (χ0v) is 16.6. The number of nitrogens with one attached hydrogen (secondary N) is 1. The number of carbonyl (C=O) groups excluding carboxylic acids is 1. The minimum absolute atomic E-state index is 0. The summed E-state index contributed by atoms with van der Waals surface area (Å²) in [5, 5.41) is 2.93. The van der Waals surface area contributed by atoms with Crippen molar-refractivity contribution in [3.8, 4) is 0 Å². The maximum Gasteiger partial charge on any atom is 0.224 e. The Morgan fingerprint density at radius 2 is 1.81 bits per heavy atom. The van der Waals surface area contributed by atoms with Gasteiger partial charge in [-0.15, -0.1) is 12.4 Å². The molecule has 5 nitrogen and oxygen atoms in total. The van der Waals surface area contributed by atoms with Gasteiger partial charge in [-0.2, -0.15) is 0 Å². The van der Waals surface area contributed by atoms with E-state index in [1.165, 1.54) is 18.6 Å². The zero-order valence-electron chi connectivity index (χ0n) is 15.0. The lowest BCUT2D eigenvalue weighted by Crippen LogP contribution is -2.48. The lowest BCUT2D eigenvalue weighted by atomic mass is 9.83. The monoisotopic (exact) mass is 406 g/mol. The van der Waals surface area contributed by atoms with E-state index in [4.69, 9.17) is 5.73 Å². The molecule has 2 rings (SSSR count). The second kappa shape index (κ2) is 10.2. The minimum Gasteiger partial charge on any atom is -0.352 e. The summed E-state index contributed by atoms with van der Waals surface area (Å²) in [6.45, 7) is 1.94. The summed E-state index contributed by atoms with van der Waals surface area (Å²) in [6.07, 6.45) is 5.60. The van der Waals surface area contributed by atoms with E-state index in [0.717, 1.165) is 37.8 Å². The summed E-state index contributed by atoms with van der Waals surface area (Å²) in [7, 11) is -3.65. The highest BCUT2D eigenvalue weighted by Gasteiger charge is 2.28. The number of carbonyl (C=O) groups is 1. The first kappa shape index (κ1) is 22.9. The molecule has 1 aliphatic carbocycles.